The van der Waals surface area contributed by atoms with E-state index in [1.54, 1.807) is 24.3 Å². The molecule has 0 unspecified atom stereocenters. The Balaban J connectivity index is 1.85. The van der Waals surface area contributed by atoms with Crippen LogP contribution in [-0.4, -0.2) is 18.1 Å². The van der Waals surface area contributed by atoms with Crippen molar-refractivity contribution in [2.45, 2.75) is 82.4 Å². The topological polar surface area (TPSA) is 83.8 Å². The van der Waals surface area contributed by atoms with E-state index in [4.69, 9.17) is 4.74 Å². The summed E-state index contributed by atoms with van der Waals surface area (Å²) in [6, 6.07) is 10.8. The molecular formula is C24H34O5S. The number of benzene rings is 2. The zero-order valence-corrected chi connectivity index (χ0v) is 18.7. The molecule has 166 valence electrons. The number of ether oxygens (including phenoxy) is 1. The molecule has 30 heavy (non-hydrogen) atoms. The third kappa shape index (κ3) is 8.36. The van der Waals surface area contributed by atoms with Gasteiger partial charge in [-0.25, -0.2) is 0 Å². The molecule has 5 nitrogen and oxygen atoms in total. The van der Waals surface area contributed by atoms with Crippen LogP contribution in [0, 0.1) is 0 Å². The van der Waals surface area contributed by atoms with E-state index >= 15 is 0 Å². The van der Waals surface area contributed by atoms with E-state index in [0.29, 0.717) is 23.5 Å². The zero-order valence-electron chi connectivity index (χ0n) is 17.8. The monoisotopic (exact) mass is 434 g/mol. The Kier molecular flexibility index (Phi) is 10.2. The average Bonchev–Trinajstić information content (AvgIpc) is 2.71. The first-order valence-corrected chi connectivity index (χ1v) is 12.4. The van der Waals surface area contributed by atoms with Gasteiger partial charge in [0.1, 0.15) is 17.2 Å². The lowest BCUT2D eigenvalue weighted by atomic mass is 10.0. The van der Waals surface area contributed by atoms with Gasteiger partial charge in [0.05, 0.1) is 4.90 Å². The Morgan fingerprint density at radius 3 is 2.07 bits per heavy atom. The fourth-order valence-corrected chi connectivity index (χ4v) is 4.03. The Bertz CT molecular complexity index is 877. The van der Waals surface area contributed by atoms with Gasteiger partial charge in [-0.15, -0.1) is 0 Å². The van der Waals surface area contributed by atoms with Crippen molar-refractivity contribution in [2.24, 2.45) is 0 Å². The summed E-state index contributed by atoms with van der Waals surface area (Å²) >= 11 is 0. The highest BCUT2D eigenvalue weighted by atomic mass is 32.2. The van der Waals surface area contributed by atoms with Crippen LogP contribution >= 0.6 is 0 Å². The third-order valence-electron chi connectivity index (χ3n) is 5.22. The quantitative estimate of drug-likeness (QED) is 0.250. The molecule has 0 bridgehead atoms. The Morgan fingerprint density at radius 2 is 1.43 bits per heavy atom. The molecule has 0 spiro atoms. The van der Waals surface area contributed by atoms with E-state index in [1.807, 2.05) is 0 Å². The van der Waals surface area contributed by atoms with Crippen LogP contribution in [-0.2, 0) is 16.5 Å². The van der Waals surface area contributed by atoms with Gasteiger partial charge in [0.25, 0.3) is 10.1 Å². The maximum absolute atomic E-state index is 11.3. The third-order valence-corrected chi connectivity index (χ3v) is 6.07. The highest BCUT2D eigenvalue weighted by Gasteiger charge is 2.13. The molecule has 0 heterocycles. The van der Waals surface area contributed by atoms with E-state index in [2.05, 4.69) is 6.92 Å². The second-order valence-corrected chi connectivity index (χ2v) is 9.16. The van der Waals surface area contributed by atoms with Crippen LogP contribution in [0.15, 0.2) is 47.4 Å². The molecule has 0 amide bonds. The van der Waals surface area contributed by atoms with Crippen molar-refractivity contribution in [2.75, 3.05) is 0 Å². The van der Waals surface area contributed by atoms with Crippen molar-refractivity contribution in [1.29, 1.82) is 0 Å². The highest BCUT2D eigenvalue weighted by molar-refractivity contribution is 7.85. The standard InChI is InChI=1S/C24H34O5S/c1-2-3-4-5-6-7-8-9-10-11-16-22-23(25)17-13-18-24(22)29-20-14-12-15-21(19-20)30(26,27)28/h12-15,17-19,25H,2-11,16H2,1H3,(H,26,27,28). The lowest BCUT2D eigenvalue weighted by molar-refractivity contribution is 0.439. The first kappa shape index (κ1) is 24.2. The molecule has 0 atom stereocenters. The molecule has 0 fully saturated rings. The number of phenols is 1. The summed E-state index contributed by atoms with van der Waals surface area (Å²) in [7, 11) is -4.30. The average molecular weight is 435 g/mol. The van der Waals surface area contributed by atoms with Crippen LogP contribution in [0.1, 0.15) is 76.7 Å². The number of hydrogen-bond donors (Lipinski definition) is 2. The normalized spacial score (nSPS) is 11.5. The molecule has 0 aliphatic heterocycles. The van der Waals surface area contributed by atoms with Gasteiger partial charge in [-0.3, -0.25) is 4.55 Å². The summed E-state index contributed by atoms with van der Waals surface area (Å²) in [6.45, 7) is 2.23. The fourth-order valence-electron chi connectivity index (χ4n) is 3.52. The van der Waals surface area contributed by atoms with Crippen LogP contribution in [0.25, 0.3) is 0 Å². The maximum atomic E-state index is 11.3. The lowest BCUT2D eigenvalue weighted by Crippen LogP contribution is -1.99. The van der Waals surface area contributed by atoms with Crippen molar-refractivity contribution >= 4 is 10.1 Å². The minimum absolute atomic E-state index is 0.175. The second-order valence-electron chi connectivity index (χ2n) is 7.74. The van der Waals surface area contributed by atoms with Gasteiger partial charge in [-0.2, -0.15) is 8.42 Å². The largest absolute Gasteiger partial charge is 0.508 e. The summed E-state index contributed by atoms with van der Waals surface area (Å²) in [6.07, 6.45) is 13.1. The maximum Gasteiger partial charge on any atom is 0.294 e. The number of hydrogen-bond acceptors (Lipinski definition) is 4. The molecule has 2 aromatic carbocycles. The molecule has 0 aliphatic rings. The molecular weight excluding hydrogens is 400 g/mol. The van der Waals surface area contributed by atoms with Crippen LogP contribution in [0.5, 0.6) is 17.2 Å². The zero-order chi connectivity index (χ0) is 21.8. The van der Waals surface area contributed by atoms with Gasteiger partial charge in [-0.05, 0) is 37.1 Å². The van der Waals surface area contributed by atoms with Crippen molar-refractivity contribution < 1.29 is 22.8 Å². The first-order valence-electron chi connectivity index (χ1n) is 11.0. The molecule has 0 saturated heterocycles. The van der Waals surface area contributed by atoms with Crippen molar-refractivity contribution in [3.05, 3.63) is 48.0 Å². The lowest BCUT2D eigenvalue weighted by Gasteiger charge is -2.13. The van der Waals surface area contributed by atoms with E-state index in [1.165, 1.54) is 69.6 Å². The van der Waals surface area contributed by atoms with Crippen LogP contribution in [0.3, 0.4) is 0 Å². The molecule has 0 radical (unpaired) electrons. The predicted octanol–water partition coefficient (Wildman–Crippen LogP) is 6.89. The fraction of sp³-hybridized carbons (Fsp3) is 0.500. The summed E-state index contributed by atoms with van der Waals surface area (Å²) in [5, 5.41) is 10.3. The van der Waals surface area contributed by atoms with Gasteiger partial charge in [0.15, 0.2) is 0 Å². The Labute approximate surface area is 180 Å². The Morgan fingerprint density at radius 1 is 0.833 bits per heavy atom. The molecule has 0 aliphatic carbocycles. The van der Waals surface area contributed by atoms with Gasteiger partial charge in [-0.1, -0.05) is 76.8 Å². The molecule has 0 aromatic heterocycles. The van der Waals surface area contributed by atoms with Crippen molar-refractivity contribution in [1.82, 2.24) is 0 Å². The summed E-state index contributed by atoms with van der Waals surface area (Å²) < 4.78 is 37.7. The minimum Gasteiger partial charge on any atom is -0.508 e. The number of aromatic hydroxyl groups is 1. The van der Waals surface area contributed by atoms with Gasteiger partial charge >= 0.3 is 0 Å². The molecule has 2 aromatic rings. The van der Waals surface area contributed by atoms with Gasteiger partial charge in [0.2, 0.25) is 0 Å². The smallest absolute Gasteiger partial charge is 0.294 e. The number of unbranched alkanes of at least 4 members (excludes halogenated alkanes) is 9. The van der Waals surface area contributed by atoms with Gasteiger partial charge < -0.3 is 9.84 Å². The summed E-state index contributed by atoms with van der Waals surface area (Å²) in [5.41, 5.74) is 0.717. The number of phenolic OH excluding ortho intramolecular Hbond substituents is 1. The van der Waals surface area contributed by atoms with E-state index in [9.17, 15) is 18.1 Å². The summed E-state index contributed by atoms with van der Waals surface area (Å²) in [5.74, 6) is 0.966. The van der Waals surface area contributed by atoms with E-state index < -0.39 is 10.1 Å². The molecule has 2 N–H and O–H groups in total. The molecule has 0 saturated carbocycles. The van der Waals surface area contributed by atoms with Gasteiger partial charge in [0, 0.05) is 11.6 Å². The van der Waals surface area contributed by atoms with E-state index in [0.717, 1.165) is 12.8 Å². The minimum atomic E-state index is -4.30. The van der Waals surface area contributed by atoms with Crippen LogP contribution in [0.2, 0.25) is 0 Å². The van der Waals surface area contributed by atoms with Crippen molar-refractivity contribution in [3.8, 4) is 17.2 Å². The Hall–Kier alpha value is -2.05. The van der Waals surface area contributed by atoms with E-state index in [-0.39, 0.29) is 10.6 Å². The molecule has 2 rings (SSSR count). The van der Waals surface area contributed by atoms with Crippen molar-refractivity contribution in [3.63, 3.8) is 0 Å². The van der Waals surface area contributed by atoms with Crippen LogP contribution in [0.4, 0.5) is 0 Å². The number of rotatable bonds is 14. The highest BCUT2D eigenvalue weighted by Crippen LogP contribution is 2.33. The SMILES string of the molecule is CCCCCCCCCCCCc1c(O)cccc1Oc1cccc(S(=O)(=O)O)c1. The second kappa shape index (κ2) is 12.6. The molecule has 6 heteroatoms. The summed E-state index contributed by atoms with van der Waals surface area (Å²) in [4.78, 5) is -0.226. The predicted molar refractivity (Wildman–Crippen MR) is 120 cm³/mol. The van der Waals surface area contributed by atoms with Crippen LogP contribution < -0.4 is 4.74 Å². The first-order chi connectivity index (χ1) is 14.4.